The number of hydrogen-bond donors (Lipinski definition) is 0. The van der Waals surface area contributed by atoms with Crippen molar-refractivity contribution in [1.82, 2.24) is 4.90 Å². The van der Waals surface area contributed by atoms with Gasteiger partial charge in [0.1, 0.15) is 0 Å². The lowest BCUT2D eigenvalue weighted by atomic mass is 10.2. The molecule has 22 heavy (non-hydrogen) atoms. The van der Waals surface area contributed by atoms with Gasteiger partial charge in [-0.15, -0.1) is 12.4 Å². The lowest BCUT2D eigenvalue weighted by Crippen LogP contribution is -2.25. The Labute approximate surface area is 147 Å². The minimum atomic E-state index is 0. The fraction of sp³-hybridized carbons (Fsp3) is 0.294. The van der Waals surface area contributed by atoms with Gasteiger partial charge in [0.2, 0.25) is 0 Å². The van der Waals surface area contributed by atoms with Crippen LogP contribution in [0.1, 0.15) is 6.42 Å². The minimum absolute atomic E-state index is 0. The first kappa shape index (κ1) is 17.5. The molecule has 0 saturated carbocycles. The van der Waals surface area contributed by atoms with Crippen molar-refractivity contribution in [1.29, 1.82) is 0 Å². The van der Waals surface area contributed by atoms with E-state index in [1.807, 2.05) is 6.07 Å². The zero-order chi connectivity index (χ0) is 14.8. The van der Waals surface area contributed by atoms with Crippen molar-refractivity contribution in [2.75, 3.05) is 32.1 Å². The molecular formula is C17H20Cl2N2S. The fourth-order valence-electron chi connectivity index (χ4n) is 2.59. The number of nitrogens with zero attached hydrogens (tertiary/aromatic N) is 2. The first-order chi connectivity index (χ1) is 10.1. The summed E-state index contributed by atoms with van der Waals surface area (Å²) < 4.78 is 0. The molecule has 1 heterocycles. The van der Waals surface area contributed by atoms with Crippen LogP contribution >= 0.6 is 35.8 Å². The van der Waals surface area contributed by atoms with E-state index in [2.05, 4.69) is 60.3 Å². The summed E-state index contributed by atoms with van der Waals surface area (Å²) in [5, 5.41) is 0.800. The zero-order valence-electron chi connectivity index (χ0n) is 12.8. The SMILES string of the molecule is CN(C)CCCN1c2ccccc2Sc2cc(Cl)ccc21.Cl. The van der Waals surface area contributed by atoms with Crippen LogP contribution < -0.4 is 4.90 Å². The predicted octanol–water partition coefficient (Wildman–Crippen LogP) is 5.32. The largest absolute Gasteiger partial charge is 0.340 e. The van der Waals surface area contributed by atoms with Gasteiger partial charge in [0.05, 0.1) is 11.4 Å². The number of halogens is 2. The van der Waals surface area contributed by atoms with Crippen LogP contribution in [0.2, 0.25) is 5.02 Å². The van der Waals surface area contributed by atoms with Crippen molar-refractivity contribution >= 4 is 47.1 Å². The number of rotatable bonds is 4. The highest BCUT2D eigenvalue weighted by Gasteiger charge is 2.22. The van der Waals surface area contributed by atoms with E-state index in [1.54, 1.807) is 11.8 Å². The first-order valence-electron chi connectivity index (χ1n) is 7.14. The molecule has 0 amide bonds. The van der Waals surface area contributed by atoms with E-state index in [9.17, 15) is 0 Å². The van der Waals surface area contributed by atoms with Crippen LogP contribution in [0.4, 0.5) is 11.4 Å². The third-order valence-electron chi connectivity index (χ3n) is 3.58. The Balaban J connectivity index is 0.00000176. The molecule has 0 aliphatic carbocycles. The Hall–Kier alpha value is -0.870. The predicted molar refractivity (Wildman–Crippen MR) is 99.4 cm³/mol. The molecule has 0 fully saturated rings. The van der Waals surface area contributed by atoms with E-state index in [0.717, 1.165) is 24.5 Å². The smallest absolute Gasteiger partial charge is 0.0553 e. The maximum atomic E-state index is 6.16. The van der Waals surface area contributed by atoms with Gasteiger partial charge in [-0.05, 0) is 57.4 Å². The quantitative estimate of drug-likeness (QED) is 0.733. The van der Waals surface area contributed by atoms with E-state index in [-0.39, 0.29) is 12.4 Å². The van der Waals surface area contributed by atoms with Gasteiger partial charge in [0.15, 0.2) is 0 Å². The van der Waals surface area contributed by atoms with Crippen molar-refractivity contribution in [2.24, 2.45) is 0 Å². The molecule has 5 heteroatoms. The van der Waals surface area contributed by atoms with Crippen molar-refractivity contribution in [3.8, 4) is 0 Å². The minimum Gasteiger partial charge on any atom is -0.340 e. The maximum Gasteiger partial charge on any atom is 0.0553 e. The van der Waals surface area contributed by atoms with Crippen LogP contribution in [-0.2, 0) is 0 Å². The average molecular weight is 355 g/mol. The normalized spacial score (nSPS) is 12.6. The number of hydrogen-bond acceptors (Lipinski definition) is 3. The van der Waals surface area contributed by atoms with Crippen molar-refractivity contribution in [3.63, 3.8) is 0 Å². The van der Waals surface area contributed by atoms with E-state index in [0.29, 0.717) is 0 Å². The number of benzene rings is 2. The second kappa shape index (κ2) is 7.60. The molecule has 1 aliphatic heterocycles. The Morgan fingerprint density at radius 3 is 2.55 bits per heavy atom. The molecule has 0 radical (unpaired) electrons. The van der Waals surface area contributed by atoms with Gasteiger partial charge in [-0.3, -0.25) is 0 Å². The Bertz CT molecular complexity index is 646. The molecule has 1 aliphatic rings. The van der Waals surface area contributed by atoms with Gasteiger partial charge in [-0.1, -0.05) is 35.5 Å². The lowest BCUT2D eigenvalue weighted by molar-refractivity contribution is 0.402. The topological polar surface area (TPSA) is 6.48 Å². The van der Waals surface area contributed by atoms with E-state index >= 15 is 0 Å². The Morgan fingerprint density at radius 1 is 1.05 bits per heavy atom. The summed E-state index contributed by atoms with van der Waals surface area (Å²) in [4.78, 5) is 7.19. The molecular weight excluding hydrogens is 335 g/mol. The number of fused-ring (bicyclic) bond motifs is 2. The lowest BCUT2D eigenvalue weighted by Gasteiger charge is -2.33. The summed E-state index contributed by atoms with van der Waals surface area (Å²) >= 11 is 7.96. The summed E-state index contributed by atoms with van der Waals surface area (Å²) in [5.74, 6) is 0. The molecule has 2 nitrogen and oxygen atoms in total. The first-order valence-corrected chi connectivity index (χ1v) is 8.33. The van der Waals surface area contributed by atoms with Crippen molar-refractivity contribution < 1.29 is 0 Å². The molecule has 0 saturated heterocycles. The van der Waals surface area contributed by atoms with Gasteiger partial charge in [-0.2, -0.15) is 0 Å². The summed E-state index contributed by atoms with van der Waals surface area (Å²) in [6.45, 7) is 2.11. The second-order valence-corrected chi connectivity index (χ2v) is 7.01. The molecule has 0 spiro atoms. The van der Waals surface area contributed by atoms with Crippen LogP contribution in [0, 0.1) is 0 Å². The molecule has 0 N–H and O–H groups in total. The number of anilines is 2. The maximum absolute atomic E-state index is 6.16. The van der Waals surface area contributed by atoms with E-state index < -0.39 is 0 Å². The number of para-hydroxylation sites is 1. The highest BCUT2D eigenvalue weighted by Crippen LogP contribution is 2.48. The highest BCUT2D eigenvalue weighted by atomic mass is 35.5. The van der Waals surface area contributed by atoms with Gasteiger partial charge in [-0.25, -0.2) is 0 Å². The van der Waals surface area contributed by atoms with Crippen molar-refractivity contribution in [3.05, 3.63) is 47.5 Å². The van der Waals surface area contributed by atoms with Gasteiger partial charge in [0, 0.05) is 21.4 Å². The third-order valence-corrected chi connectivity index (χ3v) is 4.92. The summed E-state index contributed by atoms with van der Waals surface area (Å²) in [5.41, 5.74) is 2.57. The second-order valence-electron chi connectivity index (χ2n) is 5.49. The van der Waals surface area contributed by atoms with Crippen LogP contribution in [0.3, 0.4) is 0 Å². The monoisotopic (exact) mass is 354 g/mol. The summed E-state index contributed by atoms with van der Waals surface area (Å²) in [6.07, 6.45) is 1.13. The molecule has 0 unspecified atom stereocenters. The van der Waals surface area contributed by atoms with Gasteiger partial charge >= 0.3 is 0 Å². The molecule has 2 aromatic rings. The van der Waals surface area contributed by atoms with Crippen LogP contribution in [0.5, 0.6) is 0 Å². The molecule has 0 atom stereocenters. The summed E-state index contributed by atoms with van der Waals surface area (Å²) in [6, 6.07) is 14.8. The molecule has 0 bridgehead atoms. The van der Waals surface area contributed by atoms with E-state index in [4.69, 9.17) is 11.6 Å². The van der Waals surface area contributed by atoms with E-state index in [1.165, 1.54) is 21.2 Å². The third kappa shape index (κ3) is 3.72. The average Bonchev–Trinajstić information content (AvgIpc) is 2.46. The van der Waals surface area contributed by atoms with Crippen LogP contribution in [0.15, 0.2) is 52.3 Å². The molecule has 118 valence electrons. The molecule has 0 aromatic heterocycles. The fourth-order valence-corrected chi connectivity index (χ4v) is 3.97. The zero-order valence-corrected chi connectivity index (χ0v) is 15.1. The van der Waals surface area contributed by atoms with Gasteiger partial charge < -0.3 is 9.80 Å². The molecule has 3 rings (SSSR count). The summed E-state index contributed by atoms with van der Waals surface area (Å²) in [7, 11) is 4.24. The van der Waals surface area contributed by atoms with Crippen LogP contribution in [0.25, 0.3) is 0 Å². The van der Waals surface area contributed by atoms with Crippen molar-refractivity contribution in [2.45, 2.75) is 16.2 Å². The van der Waals surface area contributed by atoms with Gasteiger partial charge in [0.25, 0.3) is 0 Å². The molecule has 2 aromatic carbocycles. The Morgan fingerprint density at radius 2 is 1.77 bits per heavy atom. The Kier molecular flexibility index (Phi) is 6.04. The van der Waals surface area contributed by atoms with Crippen LogP contribution in [-0.4, -0.2) is 32.1 Å². The highest BCUT2D eigenvalue weighted by molar-refractivity contribution is 7.99. The standard InChI is InChI=1S/C17H19ClN2S.ClH/c1-19(2)10-5-11-20-14-6-3-4-7-16(14)21-17-12-13(18)8-9-15(17)20;/h3-4,6-9,12H,5,10-11H2,1-2H3;1H.